The van der Waals surface area contributed by atoms with Crippen LogP contribution in [0.15, 0.2) is 18.7 Å². The van der Waals surface area contributed by atoms with Crippen molar-refractivity contribution in [1.29, 1.82) is 0 Å². The third-order valence-electron chi connectivity index (χ3n) is 1.84. The van der Waals surface area contributed by atoms with Crippen LogP contribution in [0, 0.1) is 0 Å². The molecule has 8 heteroatoms. The predicted octanol–water partition coefficient (Wildman–Crippen LogP) is 0.610. The molecule has 1 rings (SSSR count). The molecule has 0 fully saturated rings. The number of nitrogens with two attached hydrogens (primary N) is 1. The van der Waals surface area contributed by atoms with E-state index in [0.29, 0.717) is 0 Å². The Morgan fingerprint density at radius 3 is 2.29 bits per heavy atom. The monoisotopic (exact) mass is 270 g/mol. The van der Waals surface area contributed by atoms with E-state index in [9.17, 15) is 17.2 Å². The zero-order valence-corrected chi connectivity index (χ0v) is 10.7. The number of primary sulfonamides is 1. The summed E-state index contributed by atoms with van der Waals surface area (Å²) in [5.74, 6) is -3.45. The number of hydrogen-bond acceptors (Lipinski definition) is 2. The van der Waals surface area contributed by atoms with Gasteiger partial charge in [-0.2, -0.15) is 8.78 Å². The Bertz CT molecular complexity index is 418. The maximum absolute atomic E-state index is 10.8. The van der Waals surface area contributed by atoms with E-state index in [2.05, 4.69) is 39.9 Å². The zero-order chi connectivity index (χ0) is 13.5. The molecule has 0 aliphatic carbocycles. The minimum atomic E-state index is -4.57. The number of nitrogens with zero attached hydrogens (tertiary/aromatic N) is 2. The molecule has 0 unspecified atom stereocenters. The molecule has 0 aromatic carbocycles. The summed E-state index contributed by atoms with van der Waals surface area (Å²) in [6, 6.07) is 0. The lowest BCUT2D eigenvalue weighted by atomic mass is 10.3. The van der Waals surface area contributed by atoms with E-state index in [1.165, 1.54) is 12.8 Å². The van der Waals surface area contributed by atoms with Crippen molar-refractivity contribution in [3.8, 4) is 0 Å². The van der Waals surface area contributed by atoms with Crippen molar-refractivity contribution >= 4 is 10.0 Å². The van der Waals surface area contributed by atoms with Gasteiger partial charge in [0.1, 0.15) is 12.4 Å². The van der Waals surface area contributed by atoms with Crippen molar-refractivity contribution in [2.75, 3.05) is 0 Å². The van der Waals surface area contributed by atoms with Gasteiger partial charge in [-0.25, -0.2) is 22.7 Å². The number of aromatic nitrogens is 2. The molecular formula is C9H18F2N3O2S+. The first-order valence-corrected chi connectivity index (χ1v) is 6.69. The molecular weight excluding hydrogens is 252 g/mol. The fraction of sp³-hybridized carbons (Fsp3) is 0.667. The molecule has 0 radical (unpaired) electrons. The summed E-state index contributed by atoms with van der Waals surface area (Å²) in [7, 11) is -2.53. The molecule has 0 aliphatic rings. The van der Waals surface area contributed by atoms with Gasteiger partial charge in [0.2, 0.25) is 6.33 Å². The van der Waals surface area contributed by atoms with Crippen LogP contribution in [0.3, 0.4) is 0 Å². The Labute approximate surface area is 99.9 Å². The standard InChI is InChI=1S/C8H15N2.CH3F2NO2S/c1-3-4-5-10-7-6-9(2)8-10;2-1(3)7(4,5)6/h6-8H,3-5H2,1-2H3;1H,(H2,4,5,6)/q+1;. The molecule has 1 heterocycles. The zero-order valence-electron chi connectivity index (χ0n) is 9.88. The van der Waals surface area contributed by atoms with Crippen LogP contribution in [0.25, 0.3) is 0 Å². The average molecular weight is 270 g/mol. The minimum Gasteiger partial charge on any atom is -0.240 e. The van der Waals surface area contributed by atoms with Crippen LogP contribution >= 0.6 is 0 Å². The molecule has 0 spiro atoms. The topological polar surface area (TPSA) is 69.0 Å². The summed E-state index contributed by atoms with van der Waals surface area (Å²) in [4.78, 5) is 0. The van der Waals surface area contributed by atoms with Crippen LogP contribution in [0.1, 0.15) is 19.8 Å². The Morgan fingerprint density at radius 1 is 1.47 bits per heavy atom. The van der Waals surface area contributed by atoms with Crippen LogP contribution in [0.5, 0.6) is 0 Å². The van der Waals surface area contributed by atoms with Crippen LogP contribution in [-0.2, 0) is 23.6 Å². The molecule has 0 bridgehead atoms. The lowest BCUT2D eigenvalue weighted by molar-refractivity contribution is -0.696. The molecule has 100 valence electrons. The number of sulfonamides is 1. The van der Waals surface area contributed by atoms with E-state index in [1.807, 2.05) is 7.05 Å². The first kappa shape index (κ1) is 16.0. The SMILES string of the molecule is CCCC[n+]1ccn(C)c1.NS(=O)(=O)C(F)F. The van der Waals surface area contributed by atoms with Crippen molar-refractivity contribution < 1.29 is 21.8 Å². The van der Waals surface area contributed by atoms with Gasteiger partial charge in [0.15, 0.2) is 0 Å². The number of unbranched alkanes of at least 4 members (excludes halogenated alkanes) is 1. The number of halogens is 2. The van der Waals surface area contributed by atoms with Crippen molar-refractivity contribution in [2.24, 2.45) is 12.2 Å². The lowest BCUT2D eigenvalue weighted by Gasteiger charge is -1.90. The van der Waals surface area contributed by atoms with Gasteiger partial charge in [-0.05, 0) is 6.42 Å². The van der Waals surface area contributed by atoms with Crippen molar-refractivity contribution in [1.82, 2.24) is 4.57 Å². The molecule has 0 saturated carbocycles. The van der Waals surface area contributed by atoms with E-state index < -0.39 is 15.8 Å². The number of imidazole rings is 1. The summed E-state index contributed by atoms with van der Waals surface area (Å²) < 4.78 is 44.7. The molecule has 2 N–H and O–H groups in total. The molecule has 1 aromatic rings. The van der Waals surface area contributed by atoms with Gasteiger partial charge in [0.25, 0.3) is 10.0 Å². The summed E-state index contributed by atoms with van der Waals surface area (Å²) in [6.07, 6.45) is 8.82. The lowest BCUT2D eigenvalue weighted by Crippen LogP contribution is -2.30. The third-order valence-corrected chi connectivity index (χ3v) is 2.34. The highest BCUT2D eigenvalue weighted by molar-refractivity contribution is 7.89. The molecule has 5 nitrogen and oxygen atoms in total. The second-order valence-corrected chi connectivity index (χ2v) is 5.05. The fourth-order valence-electron chi connectivity index (χ4n) is 0.975. The van der Waals surface area contributed by atoms with Crippen molar-refractivity contribution in [3.63, 3.8) is 0 Å². The molecule has 0 aliphatic heterocycles. The van der Waals surface area contributed by atoms with Crippen LogP contribution < -0.4 is 9.71 Å². The van der Waals surface area contributed by atoms with E-state index in [-0.39, 0.29) is 0 Å². The summed E-state index contributed by atoms with van der Waals surface area (Å²) in [5, 5.41) is 3.90. The fourth-order valence-corrected chi connectivity index (χ4v) is 0.975. The molecule has 17 heavy (non-hydrogen) atoms. The maximum Gasteiger partial charge on any atom is 0.350 e. The Kier molecular flexibility index (Phi) is 6.89. The van der Waals surface area contributed by atoms with Gasteiger partial charge in [-0.1, -0.05) is 13.3 Å². The van der Waals surface area contributed by atoms with Gasteiger partial charge < -0.3 is 0 Å². The third kappa shape index (κ3) is 7.81. The highest BCUT2D eigenvalue weighted by Crippen LogP contribution is 1.95. The number of alkyl halides is 2. The van der Waals surface area contributed by atoms with E-state index >= 15 is 0 Å². The van der Waals surface area contributed by atoms with Crippen LogP contribution in [0.2, 0.25) is 0 Å². The first-order chi connectivity index (χ1) is 7.77. The second kappa shape index (κ2) is 7.33. The van der Waals surface area contributed by atoms with Crippen LogP contribution in [0.4, 0.5) is 8.78 Å². The predicted molar refractivity (Wildman–Crippen MR) is 59.6 cm³/mol. The molecule has 0 saturated heterocycles. The number of aryl methyl sites for hydroxylation is 2. The highest BCUT2D eigenvalue weighted by Gasteiger charge is 2.16. The summed E-state index contributed by atoms with van der Waals surface area (Å²) >= 11 is 0. The maximum atomic E-state index is 10.8. The van der Waals surface area contributed by atoms with Crippen molar-refractivity contribution in [2.45, 2.75) is 32.1 Å². The minimum absolute atomic E-state index is 1.15. The number of hydrogen-bond donors (Lipinski definition) is 1. The van der Waals surface area contributed by atoms with E-state index in [1.54, 1.807) is 0 Å². The molecule has 0 atom stereocenters. The first-order valence-electron chi connectivity index (χ1n) is 5.08. The Hall–Kier alpha value is -1.02. The van der Waals surface area contributed by atoms with Crippen molar-refractivity contribution in [3.05, 3.63) is 18.7 Å². The van der Waals surface area contributed by atoms with E-state index in [4.69, 9.17) is 0 Å². The Morgan fingerprint density at radius 2 is 2.00 bits per heavy atom. The van der Waals surface area contributed by atoms with Gasteiger partial charge in [0.05, 0.1) is 13.6 Å². The van der Waals surface area contributed by atoms with Gasteiger partial charge in [0, 0.05) is 0 Å². The van der Waals surface area contributed by atoms with Gasteiger partial charge in [-0.3, -0.25) is 0 Å². The second-order valence-electron chi connectivity index (χ2n) is 3.52. The van der Waals surface area contributed by atoms with Gasteiger partial charge >= 0.3 is 5.76 Å². The summed E-state index contributed by atoms with van der Waals surface area (Å²) in [6.45, 7) is 3.36. The molecule has 1 aromatic heterocycles. The average Bonchev–Trinajstić information content (AvgIpc) is 2.60. The number of rotatable bonds is 4. The smallest absolute Gasteiger partial charge is 0.240 e. The van der Waals surface area contributed by atoms with E-state index in [0.717, 1.165) is 6.54 Å². The Balaban J connectivity index is 0.000000325. The normalized spacial score (nSPS) is 11.2. The van der Waals surface area contributed by atoms with Crippen LogP contribution in [-0.4, -0.2) is 18.7 Å². The summed E-state index contributed by atoms with van der Waals surface area (Å²) in [5.41, 5.74) is 0. The highest BCUT2D eigenvalue weighted by atomic mass is 32.2. The quantitative estimate of drug-likeness (QED) is 0.814. The largest absolute Gasteiger partial charge is 0.350 e. The van der Waals surface area contributed by atoms with Gasteiger partial charge in [-0.15, -0.1) is 0 Å². The molecule has 0 amide bonds.